The summed E-state index contributed by atoms with van der Waals surface area (Å²) in [5, 5.41) is 13.5. The van der Waals surface area contributed by atoms with Gasteiger partial charge in [0.2, 0.25) is 11.8 Å². The van der Waals surface area contributed by atoms with E-state index in [9.17, 15) is 14.9 Å². The summed E-state index contributed by atoms with van der Waals surface area (Å²) < 4.78 is 0.948. The zero-order valence-electron chi connectivity index (χ0n) is 11.6. The lowest BCUT2D eigenvalue weighted by Gasteiger charge is -2.41. The molecule has 3 aliphatic rings. The highest BCUT2D eigenvalue weighted by Gasteiger charge is 2.51. The number of hydroxylamine groups is 2. The second kappa shape index (κ2) is 4.49. The first-order chi connectivity index (χ1) is 10.2. The largest absolute Gasteiger partial charge is 0.758 e. The van der Waals surface area contributed by atoms with Crippen LogP contribution in [0.25, 0.3) is 5.70 Å². The molecule has 0 N–H and O–H groups in total. The number of ketones is 1. The number of rotatable bonds is 0. The normalized spacial score (nSPS) is 28.1. The summed E-state index contributed by atoms with van der Waals surface area (Å²) in [6, 6.07) is 6.28. The summed E-state index contributed by atoms with van der Waals surface area (Å²) in [5.41, 5.74) is 1.42. The second-order valence-corrected chi connectivity index (χ2v) is 6.00. The number of benzene rings is 1. The number of nitrogens with zero attached hydrogens (tertiary/aromatic N) is 2. The smallest absolute Gasteiger partial charge is 0.290 e. The number of carbonyl (C=O) groups is 1. The van der Waals surface area contributed by atoms with E-state index in [2.05, 4.69) is 0 Å². The Morgan fingerprint density at radius 3 is 2.62 bits per heavy atom. The lowest BCUT2D eigenvalue weighted by molar-refractivity contribution is -0.513. The van der Waals surface area contributed by atoms with Gasteiger partial charge in [-0.1, -0.05) is 31.0 Å². The van der Waals surface area contributed by atoms with E-state index in [0.29, 0.717) is 17.5 Å². The third-order valence-electron chi connectivity index (χ3n) is 4.85. The maximum Gasteiger partial charge on any atom is 0.290 e. The first-order valence-corrected chi connectivity index (χ1v) is 7.51. The van der Waals surface area contributed by atoms with Crippen LogP contribution >= 0.6 is 0 Å². The van der Waals surface area contributed by atoms with Crippen molar-refractivity contribution in [2.45, 2.75) is 44.2 Å². The second-order valence-electron chi connectivity index (χ2n) is 6.00. The molecule has 0 radical (unpaired) electrons. The summed E-state index contributed by atoms with van der Waals surface area (Å²) in [7, 11) is 0. The summed E-state index contributed by atoms with van der Waals surface area (Å²) in [6.07, 6.45) is 4.36. The van der Waals surface area contributed by atoms with Crippen molar-refractivity contribution in [3.63, 3.8) is 0 Å². The van der Waals surface area contributed by atoms with Crippen LogP contribution in [0.5, 0.6) is 0 Å². The van der Waals surface area contributed by atoms with E-state index in [1.165, 1.54) is 0 Å². The van der Waals surface area contributed by atoms with Gasteiger partial charge >= 0.3 is 0 Å². The highest BCUT2D eigenvalue weighted by molar-refractivity contribution is 6.19. The third kappa shape index (κ3) is 1.64. The van der Waals surface area contributed by atoms with Crippen LogP contribution in [0, 0.1) is 10.1 Å². The quantitative estimate of drug-likeness (QED) is 0.687. The number of hydrogen-bond acceptors (Lipinski definition) is 4. The topological polar surface area (TPSA) is 63.5 Å². The van der Waals surface area contributed by atoms with Crippen molar-refractivity contribution in [2.75, 3.05) is 0 Å². The lowest BCUT2D eigenvalue weighted by Crippen LogP contribution is -2.49. The first-order valence-electron chi connectivity index (χ1n) is 7.51. The van der Waals surface area contributed by atoms with Crippen LogP contribution in [0.1, 0.15) is 48.0 Å². The fraction of sp³-hybridized carbons (Fsp3) is 0.438. The number of nitroso groups, excluding NO2 is 1. The van der Waals surface area contributed by atoms with Crippen LogP contribution in [0.3, 0.4) is 0 Å². The molecule has 0 spiro atoms. The van der Waals surface area contributed by atoms with Gasteiger partial charge in [-0.05, 0) is 18.9 Å². The van der Waals surface area contributed by atoms with Crippen LogP contribution in [-0.2, 0) is 0 Å². The molecule has 1 heterocycles. The summed E-state index contributed by atoms with van der Waals surface area (Å²) >= 11 is 0. The minimum atomic E-state index is -0.387. The average Bonchev–Trinajstić information content (AvgIpc) is 2.67. The minimum absolute atomic E-state index is 0.0503. The van der Waals surface area contributed by atoms with Crippen LogP contribution in [0.15, 0.2) is 30.0 Å². The van der Waals surface area contributed by atoms with Crippen LogP contribution in [0.4, 0.5) is 0 Å². The molecule has 0 bridgehead atoms. The molecule has 2 atom stereocenters. The standard InChI is InChI=1S/C16H16N2O3/c19-16-11-7-5-4-6-10(11)14-15(16)18(21)13-9-3-1-2-8-12(13)17(14)20/h4-7,12-13H,1-3,8-9H2/t12-,13+/m0/s1. The molecule has 2 aliphatic carbocycles. The Morgan fingerprint density at radius 2 is 1.81 bits per heavy atom. The van der Waals surface area contributed by atoms with Crippen molar-refractivity contribution in [1.82, 2.24) is 5.06 Å². The Labute approximate surface area is 122 Å². The van der Waals surface area contributed by atoms with E-state index in [-0.39, 0.29) is 29.3 Å². The molecular weight excluding hydrogens is 268 g/mol. The van der Waals surface area contributed by atoms with Gasteiger partial charge in [0.25, 0.3) is 5.70 Å². The van der Waals surface area contributed by atoms with E-state index in [1.807, 2.05) is 0 Å². The zero-order chi connectivity index (χ0) is 14.6. The van der Waals surface area contributed by atoms with E-state index in [4.69, 9.17) is 0 Å². The monoisotopic (exact) mass is 284 g/mol. The molecule has 1 aromatic carbocycles. The van der Waals surface area contributed by atoms with Crippen molar-refractivity contribution < 1.29 is 9.55 Å². The lowest BCUT2D eigenvalue weighted by atomic mass is 9.98. The van der Waals surface area contributed by atoms with E-state index < -0.39 is 0 Å². The fourth-order valence-corrected chi connectivity index (χ4v) is 3.83. The van der Waals surface area contributed by atoms with Gasteiger partial charge in [0.1, 0.15) is 0 Å². The molecule has 21 heavy (non-hydrogen) atoms. The Hall–Kier alpha value is -2.01. The Morgan fingerprint density at radius 1 is 1.10 bits per heavy atom. The van der Waals surface area contributed by atoms with Gasteiger partial charge in [0.15, 0.2) is 5.70 Å². The molecule has 0 aromatic heterocycles. The molecule has 0 unspecified atom stereocenters. The van der Waals surface area contributed by atoms with Crippen LogP contribution < -0.4 is 0 Å². The van der Waals surface area contributed by atoms with Gasteiger partial charge < -0.3 is 10.3 Å². The number of fused-ring (bicyclic) bond motifs is 3. The number of hydrogen-bond donors (Lipinski definition) is 0. The Kier molecular flexibility index (Phi) is 2.72. The summed E-state index contributed by atoms with van der Waals surface area (Å²) in [6.45, 7) is 0. The van der Waals surface area contributed by atoms with Gasteiger partial charge in [0, 0.05) is 21.7 Å². The first kappa shape index (κ1) is 12.7. The van der Waals surface area contributed by atoms with Gasteiger partial charge in [-0.3, -0.25) is 4.79 Å². The van der Waals surface area contributed by atoms with Crippen molar-refractivity contribution in [3.05, 3.63) is 51.2 Å². The summed E-state index contributed by atoms with van der Waals surface area (Å²) in [5.74, 6) is -0.306. The highest BCUT2D eigenvalue weighted by atomic mass is 16.5. The van der Waals surface area contributed by atoms with Crippen molar-refractivity contribution >= 4 is 11.5 Å². The molecule has 5 nitrogen and oxygen atoms in total. The molecule has 0 saturated heterocycles. The van der Waals surface area contributed by atoms with Crippen molar-refractivity contribution in [2.24, 2.45) is 0 Å². The molecule has 1 aromatic rings. The maximum atomic E-state index is 12.8. The highest BCUT2D eigenvalue weighted by Crippen LogP contribution is 2.42. The van der Waals surface area contributed by atoms with Gasteiger partial charge in [-0.15, -0.1) is 0 Å². The Bertz CT molecular complexity index is 680. The van der Waals surface area contributed by atoms with Crippen molar-refractivity contribution in [1.29, 1.82) is 0 Å². The predicted molar refractivity (Wildman–Crippen MR) is 77.2 cm³/mol. The predicted octanol–water partition coefficient (Wildman–Crippen LogP) is 2.85. The molecule has 4 rings (SSSR count). The van der Waals surface area contributed by atoms with E-state index in [0.717, 1.165) is 35.5 Å². The SMILES string of the molecule is O=C1C2=C(c3ccccc31)[N+](=O)[C@H]1CCCCC[C@H]1N2[O-]. The number of carbonyl (C=O) groups excluding carboxylic acids is 1. The molecule has 1 fully saturated rings. The molecular formula is C16H16N2O3. The van der Waals surface area contributed by atoms with Gasteiger partial charge in [0.05, 0.1) is 11.6 Å². The molecule has 0 amide bonds. The third-order valence-corrected chi connectivity index (χ3v) is 4.85. The number of Topliss-reactive ketones (excluding diaryl/α,β-unsaturated/α-hetero) is 1. The maximum absolute atomic E-state index is 12.8. The molecule has 1 saturated carbocycles. The van der Waals surface area contributed by atoms with Gasteiger partial charge in [-0.25, -0.2) is 0 Å². The van der Waals surface area contributed by atoms with Gasteiger partial charge in [-0.2, -0.15) is 0 Å². The number of allylic oxidation sites excluding steroid dienone is 1. The molecule has 108 valence electrons. The van der Waals surface area contributed by atoms with E-state index >= 15 is 0 Å². The zero-order valence-corrected chi connectivity index (χ0v) is 11.6. The van der Waals surface area contributed by atoms with E-state index in [1.54, 1.807) is 24.3 Å². The molecule has 5 heteroatoms. The molecule has 1 aliphatic heterocycles. The van der Waals surface area contributed by atoms with Crippen LogP contribution in [-0.4, -0.2) is 27.7 Å². The Balaban J connectivity index is 1.88. The average molecular weight is 284 g/mol. The van der Waals surface area contributed by atoms with Crippen LogP contribution in [0.2, 0.25) is 0 Å². The summed E-state index contributed by atoms with van der Waals surface area (Å²) in [4.78, 5) is 25.3. The minimum Gasteiger partial charge on any atom is -0.758 e. The fourth-order valence-electron chi connectivity index (χ4n) is 3.83. The van der Waals surface area contributed by atoms with Crippen molar-refractivity contribution in [3.8, 4) is 0 Å².